The molecule has 1 aromatic rings. The molecule has 1 aromatic heterocycles. The number of aryl methyl sites for hydroxylation is 1. The van der Waals surface area contributed by atoms with Gasteiger partial charge in [-0.3, -0.25) is 0 Å². The maximum absolute atomic E-state index is 5.44. The molecule has 0 bridgehead atoms. The molecule has 5 heteroatoms. The van der Waals surface area contributed by atoms with E-state index in [0.717, 1.165) is 5.56 Å². The van der Waals surface area contributed by atoms with Crippen molar-refractivity contribution in [2.45, 2.75) is 6.92 Å². The molecule has 0 saturated heterocycles. The third-order valence-electron chi connectivity index (χ3n) is 1.53. The third-order valence-corrected chi connectivity index (χ3v) is 1.69. The summed E-state index contributed by atoms with van der Waals surface area (Å²) < 4.78 is 5.18. The van der Waals surface area contributed by atoms with E-state index >= 15 is 0 Å². The Morgan fingerprint density at radius 1 is 1.36 bits per heavy atom. The summed E-state index contributed by atoms with van der Waals surface area (Å²) in [4.78, 5) is 8.18. The van der Waals surface area contributed by atoms with Crippen molar-refractivity contribution in [2.75, 3.05) is 31.0 Å². The van der Waals surface area contributed by atoms with Crippen LogP contribution >= 0.6 is 11.6 Å². The van der Waals surface area contributed by atoms with Crippen LogP contribution in [0.5, 0.6) is 0 Å². The zero-order valence-corrected chi connectivity index (χ0v) is 8.92. The molecule has 1 rings (SSSR count). The van der Waals surface area contributed by atoms with Gasteiger partial charge in [-0.25, -0.2) is 9.97 Å². The number of alkyl halides is 1. The van der Waals surface area contributed by atoms with Crippen LogP contribution in [0.1, 0.15) is 5.56 Å². The zero-order valence-electron chi connectivity index (χ0n) is 8.16. The SMILES string of the molecule is Cc1cnc(NCCOCCCl)nc1. The molecule has 0 saturated carbocycles. The minimum atomic E-state index is 0.529. The molecule has 0 radical (unpaired) electrons. The summed E-state index contributed by atoms with van der Waals surface area (Å²) in [7, 11) is 0. The first-order valence-corrected chi connectivity index (χ1v) is 5.02. The second kappa shape index (κ2) is 6.56. The molecule has 0 atom stereocenters. The molecule has 0 amide bonds. The summed E-state index contributed by atoms with van der Waals surface area (Å²) in [6, 6.07) is 0. The van der Waals surface area contributed by atoms with Gasteiger partial charge >= 0.3 is 0 Å². The lowest BCUT2D eigenvalue weighted by Gasteiger charge is -2.04. The monoisotopic (exact) mass is 215 g/mol. The number of anilines is 1. The first-order chi connectivity index (χ1) is 6.83. The Balaban J connectivity index is 2.15. The molecule has 0 aliphatic rings. The predicted octanol–water partition coefficient (Wildman–Crippen LogP) is 1.45. The molecular weight excluding hydrogens is 202 g/mol. The second-order valence-corrected chi connectivity index (χ2v) is 3.19. The predicted molar refractivity (Wildman–Crippen MR) is 56.8 cm³/mol. The first-order valence-electron chi connectivity index (χ1n) is 4.49. The lowest BCUT2D eigenvalue weighted by Crippen LogP contribution is -2.12. The highest BCUT2D eigenvalue weighted by Crippen LogP contribution is 1.97. The molecule has 0 spiro atoms. The minimum Gasteiger partial charge on any atom is -0.378 e. The van der Waals surface area contributed by atoms with E-state index in [1.54, 1.807) is 12.4 Å². The van der Waals surface area contributed by atoms with Crippen LogP contribution in [0.25, 0.3) is 0 Å². The number of hydrogen-bond donors (Lipinski definition) is 1. The summed E-state index contributed by atoms with van der Waals surface area (Å²) in [5.41, 5.74) is 1.05. The third kappa shape index (κ3) is 4.39. The fourth-order valence-electron chi connectivity index (χ4n) is 0.875. The molecule has 4 nitrogen and oxygen atoms in total. The molecule has 0 fully saturated rings. The van der Waals surface area contributed by atoms with Crippen molar-refractivity contribution in [3.8, 4) is 0 Å². The molecule has 0 aliphatic carbocycles. The van der Waals surface area contributed by atoms with Gasteiger partial charge in [-0.1, -0.05) is 0 Å². The maximum Gasteiger partial charge on any atom is 0.222 e. The molecule has 1 heterocycles. The van der Waals surface area contributed by atoms with E-state index in [9.17, 15) is 0 Å². The summed E-state index contributed by atoms with van der Waals surface area (Å²) >= 11 is 5.44. The van der Waals surface area contributed by atoms with Crippen LogP contribution in [-0.4, -0.2) is 35.6 Å². The number of aromatic nitrogens is 2. The van der Waals surface area contributed by atoms with Gasteiger partial charge in [-0.15, -0.1) is 11.6 Å². The maximum atomic E-state index is 5.44. The largest absolute Gasteiger partial charge is 0.378 e. The van der Waals surface area contributed by atoms with E-state index in [1.807, 2.05) is 6.92 Å². The van der Waals surface area contributed by atoms with Gasteiger partial charge in [0.1, 0.15) is 0 Å². The average Bonchev–Trinajstić information content (AvgIpc) is 2.21. The van der Waals surface area contributed by atoms with Crippen LogP contribution in [0.3, 0.4) is 0 Å². The van der Waals surface area contributed by atoms with Gasteiger partial charge in [-0.05, 0) is 12.5 Å². The standard InChI is InChI=1S/C9H14ClN3O/c1-8-6-12-9(13-7-8)11-3-5-14-4-2-10/h6-7H,2-5H2,1H3,(H,11,12,13). The van der Waals surface area contributed by atoms with Crippen molar-refractivity contribution in [1.82, 2.24) is 9.97 Å². The highest BCUT2D eigenvalue weighted by atomic mass is 35.5. The van der Waals surface area contributed by atoms with E-state index in [-0.39, 0.29) is 0 Å². The molecule has 0 unspecified atom stereocenters. The zero-order chi connectivity index (χ0) is 10.2. The Morgan fingerprint density at radius 2 is 2.07 bits per heavy atom. The molecule has 0 aromatic carbocycles. The normalized spacial score (nSPS) is 10.1. The van der Waals surface area contributed by atoms with Gasteiger partial charge < -0.3 is 10.1 Å². The van der Waals surface area contributed by atoms with E-state index in [4.69, 9.17) is 16.3 Å². The van der Waals surface area contributed by atoms with Crippen LogP contribution in [0.4, 0.5) is 5.95 Å². The van der Waals surface area contributed by atoms with Gasteiger partial charge in [0.05, 0.1) is 13.2 Å². The summed E-state index contributed by atoms with van der Waals surface area (Å²) in [5.74, 6) is 1.16. The number of rotatable bonds is 6. The Morgan fingerprint density at radius 3 is 2.71 bits per heavy atom. The highest BCUT2D eigenvalue weighted by Gasteiger charge is 1.93. The van der Waals surface area contributed by atoms with Crippen molar-refractivity contribution in [1.29, 1.82) is 0 Å². The first kappa shape index (κ1) is 11.2. The van der Waals surface area contributed by atoms with Crippen molar-refractivity contribution in [3.63, 3.8) is 0 Å². The van der Waals surface area contributed by atoms with Crippen LogP contribution in [0.2, 0.25) is 0 Å². The molecular formula is C9H14ClN3O. The highest BCUT2D eigenvalue weighted by molar-refractivity contribution is 6.17. The average molecular weight is 216 g/mol. The Kier molecular flexibility index (Phi) is 5.25. The summed E-state index contributed by atoms with van der Waals surface area (Å²) in [6.07, 6.45) is 3.55. The van der Waals surface area contributed by atoms with E-state index in [1.165, 1.54) is 0 Å². The number of ether oxygens (including phenoxy) is 1. The van der Waals surface area contributed by atoms with Crippen LogP contribution in [0, 0.1) is 6.92 Å². The fourth-order valence-corrected chi connectivity index (χ4v) is 0.985. The minimum absolute atomic E-state index is 0.529. The van der Waals surface area contributed by atoms with Gasteiger partial charge in [0, 0.05) is 24.8 Å². The van der Waals surface area contributed by atoms with Gasteiger partial charge in [0.25, 0.3) is 0 Å². The molecule has 14 heavy (non-hydrogen) atoms. The van der Waals surface area contributed by atoms with Crippen LogP contribution < -0.4 is 5.32 Å². The van der Waals surface area contributed by atoms with E-state index in [2.05, 4.69) is 15.3 Å². The molecule has 1 N–H and O–H groups in total. The van der Waals surface area contributed by atoms with Gasteiger partial charge in [0.15, 0.2) is 0 Å². The topological polar surface area (TPSA) is 47.0 Å². The molecule has 0 aliphatic heterocycles. The number of nitrogens with one attached hydrogen (secondary N) is 1. The van der Waals surface area contributed by atoms with Crippen molar-refractivity contribution >= 4 is 17.5 Å². The number of hydrogen-bond acceptors (Lipinski definition) is 4. The van der Waals surface area contributed by atoms with E-state index < -0.39 is 0 Å². The summed E-state index contributed by atoms with van der Waals surface area (Å²) in [5, 5.41) is 3.04. The van der Waals surface area contributed by atoms with Crippen LogP contribution in [0.15, 0.2) is 12.4 Å². The Labute approximate surface area is 88.7 Å². The van der Waals surface area contributed by atoms with Crippen molar-refractivity contribution < 1.29 is 4.74 Å². The summed E-state index contributed by atoms with van der Waals surface area (Å²) in [6.45, 7) is 3.84. The lowest BCUT2D eigenvalue weighted by atomic mass is 10.4. The van der Waals surface area contributed by atoms with Crippen molar-refractivity contribution in [2.24, 2.45) is 0 Å². The molecule has 78 valence electrons. The van der Waals surface area contributed by atoms with Gasteiger partial charge in [-0.2, -0.15) is 0 Å². The lowest BCUT2D eigenvalue weighted by molar-refractivity contribution is 0.160. The number of nitrogens with zero attached hydrogens (tertiary/aromatic N) is 2. The Bertz CT molecular complexity index is 253. The quantitative estimate of drug-likeness (QED) is 0.577. The van der Waals surface area contributed by atoms with Crippen LogP contribution in [-0.2, 0) is 4.74 Å². The fraction of sp³-hybridized carbons (Fsp3) is 0.556. The number of halogens is 1. The second-order valence-electron chi connectivity index (χ2n) is 2.81. The Hall–Kier alpha value is -0.870. The smallest absolute Gasteiger partial charge is 0.222 e. The van der Waals surface area contributed by atoms with E-state index in [0.29, 0.717) is 31.6 Å². The van der Waals surface area contributed by atoms with Gasteiger partial charge in [0.2, 0.25) is 5.95 Å². The van der Waals surface area contributed by atoms with Crippen molar-refractivity contribution in [3.05, 3.63) is 18.0 Å².